The molecule has 0 aliphatic heterocycles. The van der Waals surface area contributed by atoms with Crippen LogP contribution in [0.3, 0.4) is 0 Å². The maximum atomic E-state index is 10.2. The molecule has 0 bridgehead atoms. The zero-order valence-corrected chi connectivity index (χ0v) is 13.2. The zero-order valence-electron chi connectivity index (χ0n) is 13.2. The summed E-state index contributed by atoms with van der Waals surface area (Å²) in [6.07, 6.45) is 1.85. The molecular weight excluding hydrogens is 284 g/mol. The first-order valence-corrected chi connectivity index (χ1v) is 7.82. The fourth-order valence-corrected chi connectivity index (χ4v) is 2.53. The van der Waals surface area contributed by atoms with Crippen molar-refractivity contribution < 1.29 is 9.84 Å². The Morgan fingerprint density at radius 1 is 0.739 bits per heavy atom. The number of aromatic hydroxyl groups is 1. The Balaban J connectivity index is 1.69. The molecule has 0 aromatic heterocycles. The summed E-state index contributed by atoms with van der Waals surface area (Å²) in [6, 6.07) is 23.8. The van der Waals surface area contributed by atoms with E-state index in [1.54, 1.807) is 6.07 Å². The topological polar surface area (TPSA) is 29.5 Å². The minimum absolute atomic E-state index is 0.179. The molecule has 3 aromatic rings. The molecule has 0 aliphatic rings. The summed E-state index contributed by atoms with van der Waals surface area (Å²) in [4.78, 5) is 0. The van der Waals surface area contributed by atoms with E-state index < -0.39 is 0 Å². The number of hydrogen-bond acceptors (Lipinski definition) is 2. The van der Waals surface area contributed by atoms with Crippen LogP contribution < -0.4 is 4.74 Å². The van der Waals surface area contributed by atoms with Crippen molar-refractivity contribution >= 4 is 0 Å². The van der Waals surface area contributed by atoms with E-state index in [0.29, 0.717) is 5.75 Å². The lowest BCUT2D eigenvalue weighted by atomic mass is 10.0. The molecule has 0 saturated heterocycles. The standard InChI is InChI=1S/C21H20O2/c1-16-7-5-6-10-20(16)23-21-14-13-18(15-19(21)22)12-11-17-8-3-2-4-9-17/h2-10,13-15,22H,11-12H2,1H3. The van der Waals surface area contributed by atoms with Crippen molar-refractivity contribution in [2.24, 2.45) is 0 Å². The smallest absolute Gasteiger partial charge is 0.169 e. The molecule has 3 aromatic carbocycles. The van der Waals surface area contributed by atoms with Crippen LogP contribution in [-0.2, 0) is 12.8 Å². The SMILES string of the molecule is Cc1ccccc1Oc1ccc(CCc2ccccc2)cc1O. The Labute approximate surface area is 137 Å². The predicted molar refractivity (Wildman–Crippen MR) is 93.2 cm³/mol. The molecule has 0 heterocycles. The highest BCUT2D eigenvalue weighted by molar-refractivity contribution is 5.46. The summed E-state index contributed by atoms with van der Waals surface area (Å²) in [5.74, 6) is 1.43. The lowest BCUT2D eigenvalue weighted by Gasteiger charge is -2.11. The van der Waals surface area contributed by atoms with Gasteiger partial charge in [0.05, 0.1) is 0 Å². The van der Waals surface area contributed by atoms with Gasteiger partial charge in [0.15, 0.2) is 11.5 Å². The molecule has 1 N–H and O–H groups in total. The molecule has 3 rings (SSSR count). The largest absolute Gasteiger partial charge is 0.504 e. The second-order valence-electron chi connectivity index (χ2n) is 5.66. The van der Waals surface area contributed by atoms with E-state index in [2.05, 4.69) is 12.1 Å². The fraction of sp³-hybridized carbons (Fsp3) is 0.143. The monoisotopic (exact) mass is 304 g/mol. The molecule has 0 unspecified atom stereocenters. The van der Waals surface area contributed by atoms with Gasteiger partial charge >= 0.3 is 0 Å². The lowest BCUT2D eigenvalue weighted by molar-refractivity contribution is 0.409. The summed E-state index contributed by atoms with van der Waals surface area (Å²) in [6.45, 7) is 1.99. The average Bonchev–Trinajstić information content (AvgIpc) is 2.58. The summed E-state index contributed by atoms with van der Waals surface area (Å²) >= 11 is 0. The van der Waals surface area contributed by atoms with Gasteiger partial charge in [-0.3, -0.25) is 0 Å². The van der Waals surface area contributed by atoms with Crippen molar-refractivity contribution in [3.63, 3.8) is 0 Å². The first-order chi connectivity index (χ1) is 11.2. The van der Waals surface area contributed by atoms with Crippen LogP contribution in [-0.4, -0.2) is 5.11 Å². The highest BCUT2D eigenvalue weighted by Gasteiger charge is 2.07. The van der Waals surface area contributed by atoms with Crippen LogP contribution in [0.1, 0.15) is 16.7 Å². The summed E-state index contributed by atoms with van der Waals surface area (Å²) in [5, 5.41) is 10.2. The van der Waals surface area contributed by atoms with Crippen molar-refractivity contribution in [1.29, 1.82) is 0 Å². The predicted octanol–water partition coefficient (Wildman–Crippen LogP) is 5.28. The van der Waals surface area contributed by atoms with Crippen LogP contribution in [0, 0.1) is 6.92 Å². The van der Waals surface area contributed by atoms with E-state index in [1.165, 1.54) is 5.56 Å². The van der Waals surface area contributed by atoms with Gasteiger partial charge in [-0.2, -0.15) is 0 Å². The van der Waals surface area contributed by atoms with Gasteiger partial charge in [-0.25, -0.2) is 0 Å². The molecule has 23 heavy (non-hydrogen) atoms. The number of ether oxygens (including phenoxy) is 1. The summed E-state index contributed by atoms with van der Waals surface area (Å²) < 4.78 is 5.81. The van der Waals surface area contributed by atoms with Crippen molar-refractivity contribution in [2.75, 3.05) is 0 Å². The Morgan fingerprint density at radius 2 is 1.43 bits per heavy atom. The van der Waals surface area contributed by atoms with Crippen molar-refractivity contribution in [1.82, 2.24) is 0 Å². The molecule has 2 heteroatoms. The van der Waals surface area contributed by atoms with E-state index >= 15 is 0 Å². The molecule has 0 fully saturated rings. The van der Waals surface area contributed by atoms with Crippen LogP contribution >= 0.6 is 0 Å². The quantitative estimate of drug-likeness (QED) is 0.695. The molecule has 0 atom stereocenters. The number of hydrogen-bond donors (Lipinski definition) is 1. The Bertz CT molecular complexity index is 779. The van der Waals surface area contributed by atoms with Gasteiger partial charge in [0.25, 0.3) is 0 Å². The van der Waals surface area contributed by atoms with Crippen LogP contribution in [0.2, 0.25) is 0 Å². The number of phenolic OH excluding ortho intramolecular Hbond substituents is 1. The highest BCUT2D eigenvalue weighted by Crippen LogP contribution is 2.33. The van der Waals surface area contributed by atoms with Crippen LogP contribution in [0.4, 0.5) is 0 Å². The van der Waals surface area contributed by atoms with E-state index in [9.17, 15) is 5.11 Å². The third-order valence-electron chi connectivity index (χ3n) is 3.88. The van der Waals surface area contributed by atoms with Gasteiger partial charge in [-0.05, 0) is 54.7 Å². The number of rotatable bonds is 5. The van der Waals surface area contributed by atoms with E-state index in [-0.39, 0.29) is 5.75 Å². The Kier molecular flexibility index (Phi) is 4.62. The molecule has 0 aliphatic carbocycles. The Hall–Kier alpha value is -2.74. The molecule has 0 saturated carbocycles. The van der Waals surface area contributed by atoms with Crippen LogP contribution in [0.25, 0.3) is 0 Å². The number of benzene rings is 3. The zero-order chi connectivity index (χ0) is 16.1. The Morgan fingerprint density at radius 3 is 2.17 bits per heavy atom. The molecule has 0 radical (unpaired) electrons. The van der Waals surface area contributed by atoms with Crippen LogP contribution in [0.5, 0.6) is 17.2 Å². The van der Waals surface area contributed by atoms with E-state index in [0.717, 1.165) is 29.7 Å². The van der Waals surface area contributed by atoms with E-state index in [4.69, 9.17) is 4.74 Å². The number of phenols is 1. The minimum Gasteiger partial charge on any atom is -0.504 e. The summed E-state index contributed by atoms with van der Waals surface area (Å²) in [5.41, 5.74) is 3.44. The summed E-state index contributed by atoms with van der Waals surface area (Å²) in [7, 11) is 0. The molecule has 2 nitrogen and oxygen atoms in total. The van der Waals surface area contributed by atoms with Gasteiger partial charge in [0.2, 0.25) is 0 Å². The molecular formula is C21H20O2. The van der Waals surface area contributed by atoms with Gasteiger partial charge in [-0.15, -0.1) is 0 Å². The fourth-order valence-electron chi connectivity index (χ4n) is 2.53. The maximum absolute atomic E-state index is 10.2. The number of aryl methyl sites for hydroxylation is 3. The maximum Gasteiger partial charge on any atom is 0.169 e. The molecule has 116 valence electrons. The average molecular weight is 304 g/mol. The van der Waals surface area contributed by atoms with Crippen molar-refractivity contribution in [3.05, 3.63) is 89.5 Å². The van der Waals surface area contributed by atoms with Gasteiger partial charge in [-0.1, -0.05) is 54.6 Å². The van der Waals surface area contributed by atoms with Crippen molar-refractivity contribution in [3.8, 4) is 17.2 Å². The van der Waals surface area contributed by atoms with Gasteiger partial charge in [0.1, 0.15) is 5.75 Å². The first kappa shape index (κ1) is 15.2. The second-order valence-corrected chi connectivity index (χ2v) is 5.66. The first-order valence-electron chi connectivity index (χ1n) is 7.82. The van der Waals surface area contributed by atoms with Crippen molar-refractivity contribution in [2.45, 2.75) is 19.8 Å². The van der Waals surface area contributed by atoms with Gasteiger partial charge < -0.3 is 9.84 Å². The highest BCUT2D eigenvalue weighted by atomic mass is 16.5. The van der Waals surface area contributed by atoms with E-state index in [1.807, 2.05) is 61.5 Å². The third-order valence-corrected chi connectivity index (χ3v) is 3.88. The molecule has 0 spiro atoms. The normalized spacial score (nSPS) is 10.5. The lowest BCUT2D eigenvalue weighted by Crippen LogP contribution is -1.92. The minimum atomic E-state index is 0.179. The van der Waals surface area contributed by atoms with Crippen LogP contribution in [0.15, 0.2) is 72.8 Å². The third kappa shape index (κ3) is 3.92. The molecule has 0 amide bonds. The van der Waals surface area contributed by atoms with Gasteiger partial charge in [0, 0.05) is 0 Å². The second kappa shape index (κ2) is 7.01. The number of para-hydroxylation sites is 1.